The van der Waals surface area contributed by atoms with Gasteiger partial charge >= 0.3 is 0 Å². The molecule has 8 rings (SSSR count). The van der Waals surface area contributed by atoms with Crippen molar-refractivity contribution >= 4 is 34.6 Å². The number of rotatable bonds is 8. The van der Waals surface area contributed by atoms with Crippen molar-refractivity contribution in [1.82, 2.24) is 29.4 Å². The molecule has 0 radical (unpaired) electrons. The van der Waals surface area contributed by atoms with E-state index in [2.05, 4.69) is 34.3 Å². The molecule has 4 N–H and O–H groups in total. The molecule has 4 aromatic rings. The number of H-pyrrole nitrogens is 1. The number of hydrogen-bond donors (Lipinski definition) is 3. The number of hydrogen-bond acceptors (Lipinski definition) is 10. The summed E-state index contributed by atoms with van der Waals surface area (Å²) in [6.07, 6.45) is 12.9. The third-order valence-electron chi connectivity index (χ3n) is 9.99. The molecular formula is C35H40N10O3. The zero-order valence-corrected chi connectivity index (χ0v) is 26.9. The minimum Gasteiger partial charge on any atom is -0.398 e. The topological polar surface area (TPSA) is 154 Å². The van der Waals surface area contributed by atoms with Crippen molar-refractivity contribution in [3.63, 3.8) is 0 Å². The monoisotopic (exact) mass is 648 g/mol. The molecule has 48 heavy (non-hydrogen) atoms. The van der Waals surface area contributed by atoms with Crippen LogP contribution in [0.4, 0.5) is 17.3 Å². The van der Waals surface area contributed by atoms with Gasteiger partial charge in [-0.1, -0.05) is 0 Å². The molecule has 4 aromatic heterocycles. The molecule has 7 heterocycles. The first kappa shape index (κ1) is 30.5. The Morgan fingerprint density at radius 2 is 1.90 bits per heavy atom. The number of anilines is 2. The van der Waals surface area contributed by atoms with Crippen LogP contribution < -0.4 is 15.5 Å². The van der Waals surface area contributed by atoms with Crippen LogP contribution in [-0.4, -0.2) is 98.1 Å². The van der Waals surface area contributed by atoms with Gasteiger partial charge in [0, 0.05) is 80.4 Å². The maximum Gasteiger partial charge on any atom is 0.276 e. The number of nitrogens with zero attached hydrogens (tertiary/aromatic N) is 8. The van der Waals surface area contributed by atoms with Crippen LogP contribution in [0.25, 0.3) is 5.70 Å². The van der Waals surface area contributed by atoms with Crippen LogP contribution in [0.1, 0.15) is 51.5 Å². The number of aliphatic hydroxyl groups excluding tert-OH is 1. The van der Waals surface area contributed by atoms with E-state index < -0.39 is 0 Å². The van der Waals surface area contributed by atoms with Gasteiger partial charge in [0.25, 0.3) is 5.91 Å². The molecule has 13 heteroatoms. The standard InChI is InChI=1S/C35H40N10O3/c36-28(26-7-8-39-34(27(26)20-46)45-16-15-44-30-4-2-1-3-23(30)17-31(44)35(45)47)18-29(33-37-9-10-38-33)41-32-6-5-24(19-40-32)42-11-13-43(14-12-42)25-21-48-22-25/h5-10,17-19,25,46H,1-4,11-16,20-22,36H2,(H,37,38)/b28-18-,41-29?. The number of amides is 1. The average Bonchev–Trinajstić information content (AvgIpc) is 3.77. The highest BCUT2D eigenvalue weighted by Crippen LogP contribution is 2.32. The van der Waals surface area contributed by atoms with Gasteiger partial charge in [0.15, 0.2) is 11.6 Å². The van der Waals surface area contributed by atoms with E-state index in [0.29, 0.717) is 64.8 Å². The molecule has 13 nitrogen and oxygen atoms in total. The minimum atomic E-state index is -0.340. The third kappa shape index (κ3) is 5.67. The van der Waals surface area contributed by atoms with Gasteiger partial charge in [-0.25, -0.2) is 19.9 Å². The number of ether oxygens (including phenoxy) is 1. The summed E-state index contributed by atoms with van der Waals surface area (Å²) in [5, 5.41) is 10.6. The Morgan fingerprint density at radius 1 is 1.04 bits per heavy atom. The molecule has 0 atom stereocenters. The first-order valence-electron chi connectivity index (χ1n) is 16.8. The Balaban J connectivity index is 1.05. The van der Waals surface area contributed by atoms with Crippen molar-refractivity contribution in [2.45, 2.75) is 44.9 Å². The van der Waals surface area contributed by atoms with Crippen molar-refractivity contribution in [2.75, 3.05) is 55.7 Å². The van der Waals surface area contributed by atoms with E-state index in [-0.39, 0.29) is 12.5 Å². The summed E-state index contributed by atoms with van der Waals surface area (Å²) < 4.78 is 7.53. The lowest BCUT2D eigenvalue weighted by atomic mass is 9.98. The van der Waals surface area contributed by atoms with E-state index in [0.717, 1.165) is 70.8 Å². The summed E-state index contributed by atoms with van der Waals surface area (Å²) in [6, 6.07) is 8.29. The number of nitrogens with two attached hydrogens (primary N) is 1. The van der Waals surface area contributed by atoms with Crippen molar-refractivity contribution in [1.29, 1.82) is 0 Å². The van der Waals surface area contributed by atoms with Gasteiger partial charge < -0.3 is 30.0 Å². The lowest BCUT2D eigenvalue weighted by Gasteiger charge is -2.43. The van der Waals surface area contributed by atoms with Crippen LogP contribution in [0.2, 0.25) is 0 Å². The van der Waals surface area contributed by atoms with Crippen molar-refractivity contribution in [2.24, 2.45) is 10.7 Å². The summed E-state index contributed by atoms with van der Waals surface area (Å²) in [6.45, 7) is 6.38. The minimum absolute atomic E-state index is 0.111. The highest BCUT2D eigenvalue weighted by atomic mass is 16.5. The number of aromatic nitrogens is 5. The third-order valence-corrected chi connectivity index (χ3v) is 9.99. The molecule has 0 aromatic carbocycles. The fraction of sp³-hybridized carbons (Fsp3) is 0.400. The zero-order valence-electron chi connectivity index (χ0n) is 26.9. The Morgan fingerprint density at radius 3 is 2.62 bits per heavy atom. The lowest BCUT2D eigenvalue weighted by molar-refractivity contribution is -0.0660. The van der Waals surface area contributed by atoms with Crippen LogP contribution in [0, 0.1) is 0 Å². The Hall–Kier alpha value is -4.85. The second kappa shape index (κ2) is 13.0. The molecule has 1 aliphatic carbocycles. The smallest absolute Gasteiger partial charge is 0.276 e. The van der Waals surface area contributed by atoms with Gasteiger partial charge in [0.05, 0.1) is 37.7 Å². The molecular weight excluding hydrogens is 608 g/mol. The molecule has 4 aliphatic rings. The largest absolute Gasteiger partial charge is 0.398 e. The summed E-state index contributed by atoms with van der Waals surface area (Å²) in [7, 11) is 0. The first-order valence-corrected chi connectivity index (χ1v) is 16.8. The number of carbonyl (C=O) groups is 1. The quantitative estimate of drug-likeness (QED) is 0.245. The zero-order chi connectivity index (χ0) is 32.6. The highest BCUT2D eigenvalue weighted by Gasteiger charge is 2.33. The van der Waals surface area contributed by atoms with Crippen LogP contribution >= 0.6 is 0 Å². The second-order valence-electron chi connectivity index (χ2n) is 12.8. The number of aliphatic imine (C=N–C) groups is 1. The van der Waals surface area contributed by atoms with Gasteiger partial charge in [-0.2, -0.15) is 0 Å². The lowest BCUT2D eigenvalue weighted by Crippen LogP contribution is -2.56. The molecule has 0 saturated carbocycles. The first-order chi connectivity index (χ1) is 23.6. The van der Waals surface area contributed by atoms with Gasteiger partial charge in [-0.05, 0) is 61.6 Å². The SMILES string of the molecule is N/C(=C\C(=Nc1ccc(N2CCN(C3COC3)CC2)cn1)c1ncc[nH]1)c1ccnc(N2CCn3c(cc4c3CCCC4)C2=O)c1CO. The number of aliphatic hydroxyl groups is 1. The number of allylic oxidation sites excluding steroid dienone is 1. The van der Waals surface area contributed by atoms with E-state index >= 15 is 0 Å². The number of carbonyl (C=O) groups excluding carboxylic acids is 1. The van der Waals surface area contributed by atoms with E-state index in [1.165, 1.54) is 11.3 Å². The predicted octanol–water partition coefficient (Wildman–Crippen LogP) is 2.67. The van der Waals surface area contributed by atoms with Gasteiger partial charge in [-0.3, -0.25) is 14.6 Å². The van der Waals surface area contributed by atoms with E-state index in [4.69, 9.17) is 15.5 Å². The fourth-order valence-corrected chi connectivity index (χ4v) is 7.30. The molecule has 0 unspecified atom stereocenters. The maximum absolute atomic E-state index is 13.8. The van der Waals surface area contributed by atoms with Crippen molar-refractivity contribution in [3.8, 4) is 0 Å². The Labute approximate surface area is 278 Å². The predicted molar refractivity (Wildman–Crippen MR) is 182 cm³/mol. The van der Waals surface area contributed by atoms with E-state index in [1.54, 1.807) is 35.6 Å². The number of pyridine rings is 2. The van der Waals surface area contributed by atoms with Crippen molar-refractivity contribution in [3.05, 3.63) is 89.0 Å². The summed E-state index contributed by atoms with van der Waals surface area (Å²) >= 11 is 0. The van der Waals surface area contributed by atoms with Crippen LogP contribution in [0.3, 0.4) is 0 Å². The molecule has 0 spiro atoms. The number of aryl methyl sites for hydroxylation is 1. The van der Waals surface area contributed by atoms with Crippen molar-refractivity contribution < 1.29 is 14.6 Å². The number of aromatic amines is 1. The van der Waals surface area contributed by atoms with Gasteiger partial charge in [0.1, 0.15) is 17.2 Å². The maximum atomic E-state index is 13.8. The summed E-state index contributed by atoms with van der Waals surface area (Å²) in [4.78, 5) is 41.9. The molecule has 2 fully saturated rings. The molecule has 0 bridgehead atoms. The summed E-state index contributed by atoms with van der Waals surface area (Å²) in [5.41, 5.74) is 12.9. The molecule has 2 saturated heterocycles. The average molecular weight is 649 g/mol. The van der Waals surface area contributed by atoms with E-state index in [9.17, 15) is 9.90 Å². The van der Waals surface area contributed by atoms with Crippen LogP contribution in [-0.2, 0) is 30.7 Å². The second-order valence-corrected chi connectivity index (χ2v) is 12.8. The number of fused-ring (bicyclic) bond motifs is 3. The molecule has 3 aliphatic heterocycles. The fourth-order valence-electron chi connectivity index (χ4n) is 7.30. The van der Waals surface area contributed by atoms with Crippen LogP contribution in [0.15, 0.2) is 60.1 Å². The van der Waals surface area contributed by atoms with Crippen LogP contribution in [0.5, 0.6) is 0 Å². The Bertz CT molecular complexity index is 1850. The highest BCUT2D eigenvalue weighted by molar-refractivity contribution is 6.11. The number of imidazole rings is 1. The number of piperazine rings is 1. The van der Waals surface area contributed by atoms with E-state index in [1.807, 2.05) is 24.4 Å². The molecule has 1 amide bonds. The normalized spacial score (nSPS) is 19.3. The summed E-state index contributed by atoms with van der Waals surface area (Å²) in [5.74, 6) is 1.34. The van der Waals surface area contributed by atoms with Gasteiger partial charge in [0.2, 0.25) is 0 Å². The van der Waals surface area contributed by atoms with Gasteiger partial charge in [-0.15, -0.1) is 0 Å². The molecule has 248 valence electrons. The Kier molecular flexibility index (Phi) is 8.24. The number of nitrogens with one attached hydrogen (secondary N) is 1.